The Morgan fingerprint density at radius 1 is 1.18 bits per heavy atom. The van der Waals surface area contributed by atoms with Gasteiger partial charge in [-0.2, -0.15) is 4.68 Å². The smallest absolute Gasteiger partial charge is 0.338 e. The number of nitrogens with zero attached hydrogens (tertiary/aromatic N) is 6. The quantitative estimate of drug-likeness (QED) is 0.259. The molecule has 1 atom stereocenters. The Labute approximate surface area is 211 Å². The summed E-state index contributed by atoms with van der Waals surface area (Å²) in [5, 5.41) is 24.7. The number of anilines is 1. The third-order valence-electron chi connectivity index (χ3n) is 5.03. The van der Waals surface area contributed by atoms with Crippen molar-refractivity contribution in [2.24, 2.45) is 0 Å². The van der Waals surface area contributed by atoms with Gasteiger partial charge in [0.2, 0.25) is 5.95 Å². The van der Waals surface area contributed by atoms with E-state index in [9.17, 15) is 4.79 Å². The van der Waals surface area contributed by atoms with E-state index in [1.165, 1.54) is 23.1 Å². The molecule has 12 heteroatoms. The van der Waals surface area contributed by atoms with Crippen molar-refractivity contribution in [2.75, 3.05) is 17.7 Å². The van der Waals surface area contributed by atoms with Crippen molar-refractivity contribution in [3.63, 3.8) is 0 Å². The maximum Gasteiger partial charge on any atom is 0.338 e. The van der Waals surface area contributed by atoms with E-state index in [4.69, 9.17) is 4.74 Å². The van der Waals surface area contributed by atoms with Crippen LogP contribution in [0, 0.1) is 0 Å². The summed E-state index contributed by atoms with van der Waals surface area (Å²) in [6.45, 7) is 2.04. The van der Waals surface area contributed by atoms with Crippen LogP contribution in [0.5, 0.6) is 0 Å². The van der Waals surface area contributed by atoms with E-state index in [1.807, 2.05) is 54.6 Å². The van der Waals surface area contributed by atoms with Gasteiger partial charge >= 0.3 is 5.97 Å². The van der Waals surface area contributed by atoms with Gasteiger partial charge in [-0.05, 0) is 35.0 Å². The van der Waals surface area contributed by atoms with Crippen LogP contribution in [-0.4, -0.2) is 48.7 Å². The number of aromatic nitrogens is 6. The molecule has 5 rings (SSSR count). The molecule has 0 spiro atoms. The number of benzene rings is 2. The first kappa shape index (κ1) is 22.7. The lowest BCUT2D eigenvalue weighted by molar-refractivity contribution is -0.139. The van der Waals surface area contributed by atoms with Crippen molar-refractivity contribution in [1.82, 2.24) is 30.4 Å². The zero-order valence-corrected chi connectivity index (χ0v) is 21.1. The second-order valence-corrected chi connectivity index (χ2v) is 10.3. The summed E-state index contributed by atoms with van der Waals surface area (Å²) in [4.78, 5) is 13.2. The Kier molecular flexibility index (Phi) is 6.70. The van der Waals surface area contributed by atoms with E-state index in [1.54, 1.807) is 11.6 Å². The van der Waals surface area contributed by atoms with Gasteiger partial charge in [-0.15, -0.1) is 10.2 Å². The molecule has 0 fully saturated rings. The minimum Gasteiger partial charge on any atom is -0.463 e. The van der Waals surface area contributed by atoms with E-state index in [0.29, 0.717) is 23.0 Å². The summed E-state index contributed by atoms with van der Waals surface area (Å²) in [5.74, 6) is 0.476. The molecule has 2 aromatic heterocycles. The van der Waals surface area contributed by atoms with Gasteiger partial charge in [0.05, 0.1) is 12.2 Å². The minimum absolute atomic E-state index is 0.257. The first-order valence-corrected chi connectivity index (χ1v) is 13.0. The molecule has 4 aromatic rings. The zero-order chi connectivity index (χ0) is 23.5. The summed E-state index contributed by atoms with van der Waals surface area (Å²) in [6.07, 6.45) is 0. The molecule has 1 unspecified atom stereocenters. The van der Waals surface area contributed by atoms with Crippen molar-refractivity contribution in [2.45, 2.75) is 17.3 Å². The number of tetrazole rings is 1. The number of fused-ring (bicyclic) bond motifs is 1. The van der Waals surface area contributed by atoms with Crippen molar-refractivity contribution in [1.29, 1.82) is 0 Å². The number of hydrogen-bond donors (Lipinski definition) is 1. The fourth-order valence-electron chi connectivity index (χ4n) is 3.58. The fraction of sp³-hybridized carbons (Fsp3) is 0.182. The lowest BCUT2D eigenvalue weighted by Crippen LogP contribution is -2.31. The van der Waals surface area contributed by atoms with E-state index in [-0.39, 0.29) is 6.61 Å². The SMILES string of the molecule is CCOC(=O)C1=C(CSc2nnc(-c3ccccc3)s2)Nc2nnnn2C1c1cccc(Br)c1. The molecule has 0 saturated heterocycles. The highest BCUT2D eigenvalue weighted by molar-refractivity contribution is 9.10. The normalized spacial score (nSPS) is 15.1. The van der Waals surface area contributed by atoms with E-state index in [2.05, 4.69) is 47.0 Å². The maximum absolute atomic E-state index is 13.2. The summed E-state index contributed by atoms with van der Waals surface area (Å²) in [5.41, 5.74) is 3.01. The molecular weight excluding hydrogens is 538 g/mol. The predicted octanol–water partition coefficient (Wildman–Crippen LogP) is 4.58. The Morgan fingerprint density at radius 2 is 2.03 bits per heavy atom. The highest BCUT2D eigenvalue weighted by Crippen LogP contribution is 2.38. The highest BCUT2D eigenvalue weighted by Gasteiger charge is 2.36. The van der Waals surface area contributed by atoms with Crippen molar-refractivity contribution in [3.8, 4) is 10.6 Å². The molecule has 0 radical (unpaired) electrons. The van der Waals surface area contributed by atoms with Gasteiger partial charge in [0.1, 0.15) is 11.0 Å². The lowest BCUT2D eigenvalue weighted by Gasteiger charge is -2.28. The van der Waals surface area contributed by atoms with Crippen molar-refractivity contribution < 1.29 is 9.53 Å². The molecule has 172 valence electrons. The molecule has 9 nitrogen and oxygen atoms in total. The number of rotatable bonds is 7. The largest absolute Gasteiger partial charge is 0.463 e. The van der Waals surface area contributed by atoms with Crippen LogP contribution in [0.15, 0.2) is 74.7 Å². The molecule has 0 amide bonds. The Bertz CT molecular complexity index is 1360. The topological polar surface area (TPSA) is 108 Å². The second-order valence-electron chi connectivity index (χ2n) is 7.17. The lowest BCUT2D eigenvalue weighted by atomic mass is 9.96. The number of hydrogen-bond acceptors (Lipinski definition) is 10. The van der Waals surface area contributed by atoms with Gasteiger partial charge in [0, 0.05) is 21.5 Å². The van der Waals surface area contributed by atoms with Crippen LogP contribution in [0.2, 0.25) is 0 Å². The number of carbonyl (C=O) groups excluding carboxylic acids is 1. The molecule has 3 heterocycles. The molecule has 0 saturated carbocycles. The number of carbonyl (C=O) groups is 1. The molecule has 1 aliphatic heterocycles. The van der Waals surface area contributed by atoms with Crippen molar-refractivity contribution >= 4 is 50.9 Å². The van der Waals surface area contributed by atoms with Gasteiger partial charge in [0.25, 0.3) is 0 Å². The van der Waals surface area contributed by atoms with E-state index >= 15 is 0 Å². The Balaban J connectivity index is 1.50. The van der Waals surface area contributed by atoms with Crippen LogP contribution in [-0.2, 0) is 9.53 Å². The molecule has 1 N–H and O–H groups in total. The monoisotopic (exact) mass is 555 g/mol. The van der Waals surface area contributed by atoms with Crippen LogP contribution in [0.4, 0.5) is 5.95 Å². The van der Waals surface area contributed by atoms with Crippen LogP contribution in [0.1, 0.15) is 18.5 Å². The zero-order valence-electron chi connectivity index (χ0n) is 17.9. The second kappa shape index (κ2) is 10.0. The maximum atomic E-state index is 13.2. The highest BCUT2D eigenvalue weighted by atomic mass is 79.9. The Hall–Kier alpha value is -3.09. The van der Waals surface area contributed by atoms with Gasteiger partial charge < -0.3 is 10.1 Å². The van der Waals surface area contributed by atoms with Crippen LogP contribution in [0.3, 0.4) is 0 Å². The number of thioether (sulfide) groups is 1. The molecular formula is C22H18BrN7O2S2. The first-order valence-electron chi connectivity index (χ1n) is 10.4. The minimum atomic E-state index is -0.535. The summed E-state index contributed by atoms with van der Waals surface area (Å²) < 4.78 is 8.71. The molecule has 0 aliphatic carbocycles. The number of ether oxygens (including phenoxy) is 1. The predicted molar refractivity (Wildman–Crippen MR) is 133 cm³/mol. The summed E-state index contributed by atoms with van der Waals surface area (Å²) in [7, 11) is 0. The van der Waals surface area contributed by atoms with Gasteiger partial charge in [0.15, 0.2) is 4.34 Å². The Morgan fingerprint density at radius 3 is 2.82 bits per heavy atom. The van der Waals surface area contributed by atoms with Crippen LogP contribution in [0.25, 0.3) is 10.6 Å². The standard InChI is InChI=1S/C22H18BrN7O2S2/c1-2-32-20(31)17-16(12-33-22-27-25-19(34-22)13-7-4-3-5-8-13)24-21-26-28-29-30(21)18(17)14-9-6-10-15(23)11-14/h3-11,18H,2,12H2,1H3,(H,24,26,29). The van der Waals surface area contributed by atoms with Gasteiger partial charge in [-0.25, -0.2) is 4.79 Å². The van der Waals surface area contributed by atoms with Gasteiger partial charge in [-0.1, -0.05) is 86.6 Å². The molecule has 0 bridgehead atoms. The number of nitrogens with one attached hydrogen (secondary N) is 1. The molecule has 1 aliphatic rings. The molecule has 34 heavy (non-hydrogen) atoms. The average Bonchev–Trinajstić information content (AvgIpc) is 3.52. The van der Waals surface area contributed by atoms with Crippen molar-refractivity contribution in [3.05, 3.63) is 75.9 Å². The molecule has 2 aromatic carbocycles. The number of halogens is 1. The van der Waals surface area contributed by atoms with E-state index in [0.717, 1.165) is 24.9 Å². The van der Waals surface area contributed by atoms with E-state index < -0.39 is 12.0 Å². The summed E-state index contributed by atoms with van der Waals surface area (Å²) in [6, 6.07) is 17.1. The number of esters is 1. The third-order valence-corrected chi connectivity index (χ3v) is 7.65. The van der Waals surface area contributed by atoms with Crippen LogP contribution < -0.4 is 5.32 Å². The third kappa shape index (κ3) is 4.61. The van der Waals surface area contributed by atoms with Crippen LogP contribution >= 0.6 is 39.0 Å². The summed E-state index contributed by atoms with van der Waals surface area (Å²) >= 11 is 6.51. The fourth-order valence-corrected chi connectivity index (χ4v) is 5.82. The first-order chi connectivity index (χ1) is 16.6. The average molecular weight is 556 g/mol. The van der Waals surface area contributed by atoms with Gasteiger partial charge in [-0.3, -0.25) is 0 Å².